The number of hydrogen-bond donors (Lipinski definition) is 2. The quantitative estimate of drug-likeness (QED) is 0.907. The molecular weight excluding hydrogens is 304 g/mol. The molecular formula is C15H21ClN4O2. The number of nitrogens with one attached hydrogen (secondary N) is 1. The first-order valence-electron chi connectivity index (χ1n) is 7.32. The smallest absolute Gasteiger partial charge is 0.274 e. The van der Waals surface area contributed by atoms with Crippen LogP contribution in [0.4, 0.5) is 0 Å². The number of amides is 1. The van der Waals surface area contributed by atoms with Gasteiger partial charge < -0.3 is 15.1 Å². The maximum atomic E-state index is 12.7. The molecule has 3 N–H and O–H groups in total. The lowest BCUT2D eigenvalue weighted by atomic mass is 9.96. The topological polar surface area (TPSA) is 88.1 Å². The highest BCUT2D eigenvalue weighted by Gasteiger charge is 2.31. The Morgan fingerprint density at radius 3 is 3.05 bits per heavy atom. The monoisotopic (exact) mass is 324 g/mol. The van der Waals surface area contributed by atoms with Gasteiger partial charge in [0, 0.05) is 24.7 Å². The van der Waals surface area contributed by atoms with Gasteiger partial charge in [-0.15, -0.1) is 12.4 Å². The molecule has 2 unspecified atom stereocenters. The summed E-state index contributed by atoms with van der Waals surface area (Å²) in [4.78, 5) is 14.5. The van der Waals surface area contributed by atoms with Gasteiger partial charge in [0.15, 0.2) is 11.5 Å². The molecule has 120 valence electrons. The maximum Gasteiger partial charge on any atom is 0.274 e. The number of H-pyrrole nitrogens is 1. The Labute approximate surface area is 135 Å². The van der Waals surface area contributed by atoms with Crippen LogP contribution in [0.5, 0.6) is 0 Å². The predicted octanol–water partition coefficient (Wildman–Crippen LogP) is 2.43. The summed E-state index contributed by atoms with van der Waals surface area (Å²) >= 11 is 0. The Balaban J connectivity index is 0.00000176. The van der Waals surface area contributed by atoms with E-state index < -0.39 is 0 Å². The van der Waals surface area contributed by atoms with E-state index in [4.69, 9.17) is 10.2 Å². The van der Waals surface area contributed by atoms with Gasteiger partial charge in [0.25, 0.3) is 5.91 Å². The third-order valence-corrected chi connectivity index (χ3v) is 4.00. The molecule has 1 aliphatic rings. The normalized spacial score (nSPS) is 19.5. The van der Waals surface area contributed by atoms with Gasteiger partial charge in [-0.3, -0.25) is 9.89 Å². The molecule has 0 bridgehead atoms. The molecule has 0 aliphatic carbocycles. The summed E-state index contributed by atoms with van der Waals surface area (Å²) in [6.45, 7) is 2.70. The van der Waals surface area contributed by atoms with E-state index in [1.165, 1.54) is 0 Å². The van der Waals surface area contributed by atoms with E-state index in [2.05, 4.69) is 10.2 Å². The molecule has 7 heteroatoms. The summed E-state index contributed by atoms with van der Waals surface area (Å²) in [5.41, 5.74) is 7.14. The van der Waals surface area contributed by atoms with Gasteiger partial charge >= 0.3 is 0 Å². The molecule has 3 rings (SSSR count). The van der Waals surface area contributed by atoms with E-state index in [1.807, 2.05) is 17.9 Å². The molecule has 1 amide bonds. The number of aromatic amines is 1. The number of rotatable bonds is 3. The predicted molar refractivity (Wildman–Crippen MR) is 85.9 cm³/mol. The summed E-state index contributed by atoms with van der Waals surface area (Å²) in [6.07, 6.45) is 4.69. The first-order chi connectivity index (χ1) is 10.2. The molecule has 2 atom stereocenters. The minimum Gasteiger partial charge on any atom is -0.463 e. The number of carbonyl (C=O) groups excluding carboxylic acids is 1. The molecule has 2 aromatic rings. The van der Waals surface area contributed by atoms with Gasteiger partial charge in [-0.1, -0.05) is 0 Å². The van der Waals surface area contributed by atoms with Crippen molar-refractivity contribution in [3.8, 4) is 11.5 Å². The zero-order chi connectivity index (χ0) is 14.8. The van der Waals surface area contributed by atoms with E-state index in [0.29, 0.717) is 17.1 Å². The van der Waals surface area contributed by atoms with E-state index in [-0.39, 0.29) is 30.4 Å². The minimum atomic E-state index is -0.0638. The number of aromatic nitrogens is 2. The van der Waals surface area contributed by atoms with E-state index in [0.717, 1.165) is 25.8 Å². The van der Waals surface area contributed by atoms with E-state index >= 15 is 0 Å². The van der Waals surface area contributed by atoms with Gasteiger partial charge in [0.1, 0.15) is 5.69 Å². The van der Waals surface area contributed by atoms with E-state index in [1.54, 1.807) is 18.4 Å². The van der Waals surface area contributed by atoms with Crippen LogP contribution in [0.3, 0.4) is 0 Å². The fourth-order valence-electron chi connectivity index (χ4n) is 2.89. The highest BCUT2D eigenvalue weighted by Crippen LogP contribution is 2.23. The molecule has 6 nitrogen and oxygen atoms in total. The van der Waals surface area contributed by atoms with Crippen molar-refractivity contribution < 1.29 is 9.21 Å². The van der Waals surface area contributed by atoms with Crippen LogP contribution >= 0.6 is 12.4 Å². The number of carbonyl (C=O) groups is 1. The summed E-state index contributed by atoms with van der Waals surface area (Å²) in [5.74, 6) is 0.606. The van der Waals surface area contributed by atoms with Crippen molar-refractivity contribution in [2.24, 2.45) is 5.73 Å². The zero-order valence-electron chi connectivity index (χ0n) is 12.5. The van der Waals surface area contributed by atoms with Gasteiger partial charge in [0.05, 0.1) is 6.26 Å². The largest absolute Gasteiger partial charge is 0.463 e. The van der Waals surface area contributed by atoms with Gasteiger partial charge in [-0.05, 0) is 38.3 Å². The third kappa shape index (κ3) is 3.18. The lowest BCUT2D eigenvalue weighted by molar-refractivity contribution is 0.0577. The summed E-state index contributed by atoms with van der Waals surface area (Å²) in [5, 5.41) is 6.97. The van der Waals surface area contributed by atoms with Crippen LogP contribution in [0.2, 0.25) is 0 Å². The number of likely N-dealkylation sites (tertiary alicyclic amines) is 1. The molecule has 2 aromatic heterocycles. The van der Waals surface area contributed by atoms with Crippen LogP contribution in [0.25, 0.3) is 11.5 Å². The van der Waals surface area contributed by atoms with Crippen LogP contribution in [0, 0.1) is 0 Å². The van der Waals surface area contributed by atoms with Crippen LogP contribution in [-0.2, 0) is 0 Å². The van der Waals surface area contributed by atoms with Crippen LogP contribution < -0.4 is 5.73 Å². The molecule has 1 saturated heterocycles. The van der Waals surface area contributed by atoms with Gasteiger partial charge in [-0.25, -0.2) is 0 Å². The Morgan fingerprint density at radius 1 is 1.55 bits per heavy atom. The lowest BCUT2D eigenvalue weighted by Gasteiger charge is -2.37. The Hall–Kier alpha value is -1.79. The van der Waals surface area contributed by atoms with Crippen LogP contribution in [-0.4, -0.2) is 39.6 Å². The second kappa shape index (κ2) is 6.98. The summed E-state index contributed by atoms with van der Waals surface area (Å²) in [6, 6.07) is 5.42. The number of halogens is 1. The molecule has 0 saturated carbocycles. The summed E-state index contributed by atoms with van der Waals surface area (Å²) < 4.78 is 5.30. The Morgan fingerprint density at radius 2 is 2.36 bits per heavy atom. The second-order valence-corrected chi connectivity index (χ2v) is 5.56. The third-order valence-electron chi connectivity index (χ3n) is 4.00. The summed E-state index contributed by atoms with van der Waals surface area (Å²) in [7, 11) is 0. The average Bonchev–Trinajstić information content (AvgIpc) is 3.17. The highest BCUT2D eigenvalue weighted by atomic mass is 35.5. The van der Waals surface area contributed by atoms with Gasteiger partial charge in [0.2, 0.25) is 0 Å². The lowest BCUT2D eigenvalue weighted by Crippen LogP contribution is -2.51. The molecule has 3 heterocycles. The molecule has 0 spiro atoms. The zero-order valence-corrected chi connectivity index (χ0v) is 13.3. The fourth-order valence-corrected chi connectivity index (χ4v) is 2.89. The van der Waals surface area contributed by atoms with Crippen molar-refractivity contribution in [1.29, 1.82) is 0 Å². The van der Waals surface area contributed by atoms with Crippen molar-refractivity contribution in [2.75, 3.05) is 6.54 Å². The fraction of sp³-hybridized carbons (Fsp3) is 0.467. The number of nitrogens with two attached hydrogens (primary N) is 1. The van der Waals surface area contributed by atoms with Crippen molar-refractivity contribution >= 4 is 18.3 Å². The highest BCUT2D eigenvalue weighted by molar-refractivity contribution is 5.93. The van der Waals surface area contributed by atoms with Crippen molar-refractivity contribution in [2.45, 2.75) is 38.3 Å². The molecule has 1 fully saturated rings. The van der Waals surface area contributed by atoms with Crippen LogP contribution in [0.15, 0.2) is 28.9 Å². The number of hydrogen-bond acceptors (Lipinski definition) is 4. The molecule has 1 aliphatic heterocycles. The standard InChI is InChI=1S/C15H20N4O2.ClH/c1-10(16)13-5-2-3-7-19(13)15(20)12-9-11(17-18-12)14-6-4-8-21-14;/h4,6,8-10,13H,2-3,5,7,16H2,1H3,(H,17,18);1H. The number of piperidine rings is 1. The average molecular weight is 325 g/mol. The first kappa shape index (κ1) is 16.6. The number of furan rings is 1. The maximum absolute atomic E-state index is 12.7. The molecule has 22 heavy (non-hydrogen) atoms. The van der Waals surface area contributed by atoms with Gasteiger partial charge in [-0.2, -0.15) is 5.10 Å². The Bertz CT molecular complexity index is 609. The second-order valence-electron chi connectivity index (χ2n) is 5.56. The number of nitrogens with zero attached hydrogens (tertiary/aromatic N) is 2. The van der Waals surface area contributed by atoms with Crippen LogP contribution in [0.1, 0.15) is 36.7 Å². The first-order valence-corrected chi connectivity index (χ1v) is 7.32. The Kier molecular flexibility index (Phi) is 5.26. The van der Waals surface area contributed by atoms with E-state index in [9.17, 15) is 4.79 Å². The minimum absolute atomic E-state index is 0. The van der Waals surface area contributed by atoms with Crippen molar-refractivity contribution in [3.63, 3.8) is 0 Å². The SMILES string of the molecule is CC(N)C1CCCCN1C(=O)c1cc(-c2ccco2)[nH]n1.Cl. The van der Waals surface area contributed by atoms with Crippen molar-refractivity contribution in [1.82, 2.24) is 15.1 Å². The molecule has 0 aromatic carbocycles. The van der Waals surface area contributed by atoms with Crippen molar-refractivity contribution in [3.05, 3.63) is 30.2 Å². The molecule has 0 radical (unpaired) electrons.